The summed E-state index contributed by atoms with van der Waals surface area (Å²) in [6, 6.07) is 18.2. The van der Waals surface area contributed by atoms with Crippen molar-refractivity contribution in [2.45, 2.75) is 45.6 Å². The highest BCUT2D eigenvalue weighted by atomic mass is 15.2. The highest BCUT2D eigenvalue weighted by Gasteiger charge is 2.20. The first-order valence-corrected chi connectivity index (χ1v) is 10.4. The van der Waals surface area contributed by atoms with E-state index in [2.05, 4.69) is 91.8 Å². The molecule has 1 heterocycles. The van der Waals surface area contributed by atoms with E-state index < -0.39 is 0 Å². The monoisotopic (exact) mass is 365 g/mol. The van der Waals surface area contributed by atoms with Gasteiger partial charge in [-0.05, 0) is 61.6 Å². The molecule has 1 aliphatic heterocycles. The second kappa shape index (κ2) is 8.90. The molecule has 2 aromatic carbocycles. The molecule has 0 spiro atoms. The molecule has 0 radical (unpaired) electrons. The third-order valence-corrected chi connectivity index (χ3v) is 5.70. The van der Waals surface area contributed by atoms with E-state index in [9.17, 15) is 0 Å². The van der Waals surface area contributed by atoms with Gasteiger partial charge in [0.2, 0.25) is 0 Å². The van der Waals surface area contributed by atoms with Crippen LogP contribution in [0, 0.1) is 0 Å². The van der Waals surface area contributed by atoms with Gasteiger partial charge in [-0.1, -0.05) is 50.2 Å². The molecule has 0 atom stereocenters. The topological polar surface area (TPSA) is 27.3 Å². The molecule has 2 N–H and O–H groups in total. The Balaban J connectivity index is 1.54. The maximum Gasteiger partial charge on any atom is 0.0377 e. The van der Waals surface area contributed by atoms with Crippen LogP contribution in [0.15, 0.2) is 48.5 Å². The summed E-state index contributed by atoms with van der Waals surface area (Å²) < 4.78 is 0. The molecule has 0 saturated carbocycles. The van der Waals surface area contributed by atoms with Crippen molar-refractivity contribution < 1.29 is 0 Å². The van der Waals surface area contributed by atoms with Crippen molar-refractivity contribution in [3.05, 3.63) is 65.2 Å². The Labute approximate surface area is 165 Å². The van der Waals surface area contributed by atoms with E-state index in [-0.39, 0.29) is 5.54 Å². The van der Waals surface area contributed by atoms with Crippen LogP contribution in [0.4, 0.5) is 5.69 Å². The first kappa shape index (κ1) is 19.9. The van der Waals surface area contributed by atoms with E-state index in [1.165, 1.54) is 22.4 Å². The van der Waals surface area contributed by atoms with Gasteiger partial charge >= 0.3 is 0 Å². The number of piperazine rings is 1. The summed E-state index contributed by atoms with van der Waals surface area (Å²) in [5.41, 5.74) is 5.46. The van der Waals surface area contributed by atoms with Crippen LogP contribution in [-0.4, -0.2) is 32.7 Å². The quantitative estimate of drug-likeness (QED) is 0.766. The van der Waals surface area contributed by atoms with Crippen LogP contribution in [0.3, 0.4) is 0 Å². The SMILES string of the molecule is CC(C)c1ccc(CCNC(C)(C)c2ccc(N3CCNCC3)cc2)cc1. The van der Waals surface area contributed by atoms with Gasteiger partial charge in [-0.3, -0.25) is 0 Å². The molecule has 1 fully saturated rings. The molecule has 0 unspecified atom stereocenters. The van der Waals surface area contributed by atoms with E-state index in [4.69, 9.17) is 0 Å². The Kier molecular flexibility index (Phi) is 6.56. The Hall–Kier alpha value is -1.84. The second-order valence-electron chi connectivity index (χ2n) is 8.48. The van der Waals surface area contributed by atoms with Crippen molar-refractivity contribution in [1.29, 1.82) is 0 Å². The van der Waals surface area contributed by atoms with Gasteiger partial charge in [0.1, 0.15) is 0 Å². The summed E-state index contributed by atoms with van der Waals surface area (Å²) in [5.74, 6) is 0.597. The minimum absolute atomic E-state index is 0.0279. The molecule has 0 aromatic heterocycles. The maximum absolute atomic E-state index is 3.74. The van der Waals surface area contributed by atoms with Crippen molar-refractivity contribution in [1.82, 2.24) is 10.6 Å². The van der Waals surface area contributed by atoms with Gasteiger partial charge in [0.15, 0.2) is 0 Å². The molecule has 2 aromatic rings. The lowest BCUT2D eigenvalue weighted by Gasteiger charge is -2.31. The average molecular weight is 366 g/mol. The normalized spacial score (nSPS) is 15.4. The summed E-state index contributed by atoms with van der Waals surface area (Å²) >= 11 is 0. The first-order chi connectivity index (χ1) is 13.0. The van der Waals surface area contributed by atoms with E-state index in [1.807, 2.05) is 0 Å². The van der Waals surface area contributed by atoms with Crippen LogP contribution in [0.25, 0.3) is 0 Å². The highest BCUT2D eigenvalue weighted by Crippen LogP contribution is 2.24. The summed E-state index contributed by atoms with van der Waals surface area (Å²) in [5, 5.41) is 7.15. The second-order valence-corrected chi connectivity index (χ2v) is 8.48. The molecule has 3 heteroatoms. The van der Waals surface area contributed by atoms with Crippen molar-refractivity contribution in [2.75, 3.05) is 37.6 Å². The zero-order valence-electron chi connectivity index (χ0n) is 17.4. The lowest BCUT2D eigenvalue weighted by atomic mass is 9.93. The molecule has 1 aliphatic rings. The van der Waals surface area contributed by atoms with E-state index in [0.717, 1.165) is 39.1 Å². The predicted molar refractivity (Wildman–Crippen MR) is 117 cm³/mol. The van der Waals surface area contributed by atoms with Gasteiger partial charge in [-0.2, -0.15) is 0 Å². The van der Waals surface area contributed by atoms with Gasteiger partial charge in [-0.15, -0.1) is 0 Å². The fraction of sp³-hybridized carbons (Fsp3) is 0.500. The van der Waals surface area contributed by atoms with Crippen LogP contribution >= 0.6 is 0 Å². The number of hydrogen-bond acceptors (Lipinski definition) is 3. The Morgan fingerprint density at radius 2 is 1.59 bits per heavy atom. The van der Waals surface area contributed by atoms with Crippen molar-refractivity contribution in [2.24, 2.45) is 0 Å². The number of nitrogens with one attached hydrogen (secondary N) is 2. The minimum Gasteiger partial charge on any atom is -0.369 e. The average Bonchev–Trinajstić information content (AvgIpc) is 2.69. The molecule has 146 valence electrons. The standard InChI is InChI=1S/C24H35N3/c1-19(2)21-7-5-20(6-8-21)13-14-26-24(3,4)22-9-11-23(12-10-22)27-17-15-25-16-18-27/h5-12,19,25-26H,13-18H2,1-4H3. The third kappa shape index (κ3) is 5.33. The van der Waals surface area contributed by atoms with Gasteiger partial charge in [0.25, 0.3) is 0 Å². The molecule has 3 nitrogen and oxygen atoms in total. The molecule has 1 saturated heterocycles. The maximum atomic E-state index is 3.74. The van der Waals surface area contributed by atoms with Gasteiger partial charge in [-0.25, -0.2) is 0 Å². The van der Waals surface area contributed by atoms with Gasteiger partial charge in [0, 0.05) is 37.4 Å². The molecule has 0 bridgehead atoms. The summed E-state index contributed by atoms with van der Waals surface area (Å²) in [7, 11) is 0. The number of benzene rings is 2. The van der Waals surface area contributed by atoms with E-state index in [0.29, 0.717) is 5.92 Å². The molecular formula is C24H35N3. The number of nitrogens with zero attached hydrogens (tertiary/aromatic N) is 1. The summed E-state index contributed by atoms with van der Waals surface area (Å²) in [4.78, 5) is 2.46. The third-order valence-electron chi connectivity index (χ3n) is 5.70. The van der Waals surface area contributed by atoms with Gasteiger partial charge in [0.05, 0.1) is 0 Å². The van der Waals surface area contributed by atoms with Crippen LogP contribution < -0.4 is 15.5 Å². The number of rotatable bonds is 7. The zero-order valence-corrected chi connectivity index (χ0v) is 17.4. The van der Waals surface area contributed by atoms with E-state index in [1.54, 1.807) is 0 Å². The Morgan fingerprint density at radius 1 is 0.963 bits per heavy atom. The van der Waals surface area contributed by atoms with Crippen LogP contribution in [-0.2, 0) is 12.0 Å². The van der Waals surface area contributed by atoms with Crippen LogP contribution in [0.5, 0.6) is 0 Å². The lowest BCUT2D eigenvalue weighted by molar-refractivity contribution is 0.406. The van der Waals surface area contributed by atoms with Crippen molar-refractivity contribution in [3.8, 4) is 0 Å². The fourth-order valence-electron chi connectivity index (χ4n) is 3.70. The Bertz CT molecular complexity index is 695. The predicted octanol–water partition coefficient (Wildman–Crippen LogP) is 4.29. The molecular weight excluding hydrogens is 330 g/mol. The largest absolute Gasteiger partial charge is 0.369 e. The van der Waals surface area contributed by atoms with Crippen molar-refractivity contribution in [3.63, 3.8) is 0 Å². The van der Waals surface area contributed by atoms with Crippen LogP contribution in [0.1, 0.15) is 50.3 Å². The number of hydrogen-bond donors (Lipinski definition) is 2. The molecule has 3 rings (SSSR count). The molecule has 0 amide bonds. The Morgan fingerprint density at radius 3 is 2.19 bits per heavy atom. The van der Waals surface area contributed by atoms with Gasteiger partial charge < -0.3 is 15.5 Å². The van der Waals surface area contributed by atoms with Crippen molar-refractivity contribution >= 4 is 5.69 Å². The smallest absolute Gasteiger partial charge is 0.0377 e. The fourth-order valence-corrected chi connectivity index (χ4v) is 3.70. The van der Waals surface area contributed by atoms with E-state index >= 15 is 0 Å². The highest BCUT2D eigenvalue weighted by molar-refractivity contribution is 5.49. The number of anilines is 1. The first-order valence-electron chi connectivity index (χ1n) is 10.4. The zero-order chi connectivity index (χ0) is 19.3. The molecule has 0 aliphatic carbocycles. The summed E-state index contributed by atoms with van der Waals surface area (Å²) in [6.07, 6.45) is 1.06. The van der Waals surface area contributed by atoms with Crippen LogP contribution in [0.2, 0.25) is 0 Å². The minimum atomic E-state index is -0.0279. The summed E-state index contributed by atoms with van der Waals surface area (Å²) in [6.45, 7) is 14.4. The lowest BCUT2D eigenvalue weighted by Crippen LogP contribution is -2.43. The molecule has 27 heavy (non-hydrogen) atoms.